The Morgan fingerprint density at radius 2 is 1.95 bits per heavy atom. The van der Waals surface area contributed by atoms with E-state index in [1.54, 1.807) is 19.1 Å². The van der Waals surface area contributed by atoms with E-state index in [0.717, 1.165) is 4.90 Å². The van der Waals surface area contributed by atoms with Crippen LogP contribution in [-0.2, 0) is 14.3 Å². The lowest BCUT2D eigenvalue weighted by atomic mass is 10.2. The number of carbonyl (C=O) groups excluding carboxylic acids is 3. The van der Waals surface area contributed by atoms with E-state index in [-0.39, 0.29) is 31.0 Å². The van der Waals surface area contributed by atoms with Gasteiger partial charge in [-0.05, 0) is 19.1 Å². The van der Waals surface area contributed by atoms with Gasteiger partial charge in [0.25, 0.3) is 0 Å². The molecule has 114 valence electrons. The summed E-state index contributed by atoms with van der Waals surface area (Å²) in [4.78, 5) is 36.4. The molecule has 0 radical (unpaired) electrons. The molecule has 2 N–H and O–H groups in total. The zero-order valence-corrected chi connectivity index (χ0v) is 12.0. The number of nitrogens with one attached hydrogen (secondary N) is 1. The number of nitrogens with zero attached hydrogens (tertiary/aromatic N) is 1. The average Bonchev–Trinajstić information content (AvgIpc) is 2.47. The van der Waals surface area contributed by atoms with E-state index in [9.17, 15) is 14.4 Å². The fraction of sp³-hybridized carbons (Fsp3) is 0.357. The molecule has 0 atom stereocenters. The molecule has 1 aromatic carbocycles. The minimum atomic E-state index is -0.886. The number of amides is 2. The molecule has 0 aliphatic rings. The van der Waals surface area contributed by atoms with Crippen molar-refractivity contribution in [1.82, 2.24) is 4.90 Å². The fourth-order valence-electron chi connectivity index (χ4n) is 1.58. The van der Waals surface area contributed by atoms with Crippen molar-refractivity contribution in [1.29, 1.82) is 0 Å². The van der Waals surface area contributed by atoms with E-state index < -0.39 is 17.8 Å². The third kappa shape index (κ3) is 4.57. The molecule has 0 aliphatic heterocycles. The quantitative estimate of drug-likeness (QED) is 0.599. The van der Waals surface area contributed by atoms with Gasteiger partial charge in [0.05, 0.1) is 24.5 Å². The molecule has 0 saturated heterocycles. The molecule has 1 rings (SSSR count). The first-order chi connectivity index (χ1) is 10.0. The van der Waals surface area contributed by atoms with E-state index in [2.05, 4.69) is 5.32 Å². The second kappa shape index (κ2) is 8.01. The number of ether oxygens (including phenoxy) is 1. The lowest BCUT2D eigenvalue weighted by Gasteiger charge is -2.15. The molecule has 0 bridgehead atoms. The summed E-state index contributed by atoms with van der Waals surface area (Å²) in [5.74, 6) is -2.27. The first-order valence-electron chi connectivity index (χ1n) is 6.44. The van der Waals surface area contributed by atoms with Crippen LogP contribution in [0.2, 0.25) is 0 Å². The average molecular weight is 294 g/mol. The molecular formula is C14H18N2O5. The minimum absolute atomic E-state index is 0.0474. The van der Waals surface area contributed by atoms with E-state index in [0.29, 0.717) is 0 Å². The van der Waals surface area contributed by atoms with Gasteiger partial charge in [0.2, 0.25) is 0 Å². The van der Waals surface area contributed by atoms with E-state index in [4.69, 9.17) is 9.84 Å². The highest BCUT2D eigenvalue weighted by atomic mass is 16.5. The van der Waals surface area contributed by atoms with E-state index in [1.165, 1.54) is 19.2 Å². The van der Waals surface area contributed by atoms with Crippen molar-refractivity contribution in [2.24, 2.45) is 0 Å². The molecule has 0 fully saturated rings. The zero-order chi connectivity index (χ0) is 15.8. The van der Waals surface area contributed by atoms with E-state index >= 15 is 0 Å². The summed E-state index contributed by atoms with van der Waals surface area (Å²) in [5.41, 5.74) is 0.372. The lowest BCUT2D eigenvalue weighted by molar-refractivity contribution is -0.142. The van der Waals surface area contributed by atoms with Gasteiger partial charge in [-0.2, -0.15) is 0 Å². The van der Waals surface area contributed by atoms with Crippen molar-refractivity contribution in [3.05, 3.63) is 29.8 Å². The van der Waals surface area contributed by atoms with Crippen LogP contribution < -0.4 is 5.32 Å². The number of esters is 1. The maximum Gasteiger partial charge on any atom is 0.340 e. The monoisotopic (exact) mass is 294 g/mol. The van der Waals surface area contributed by atoms with Crippen LogP contribution in [-0.4, -0.2) is 54.6 Å². The number of aliphatic hydroxyl groups is 1. The highest BCUT2D eigenvalue weighted by molar-refractivity contribution is 6.39. The summed E-state index contributed by atoms with van der Waals surface area (Å²) < 4.78 is 4.88. The Morgan fingerprint density at radius 3 is 2.57 bits per heavy atom. The number of carbonyl (C=O) groups is 3. The van der Waals surface area contributed by atoms with Crippen LogP contribution in [0.15, 0.2) is 24.3 Å². The molecule has 1 aromatic rings. The largest absolute Gasteiger partial charge is 0.462 e. The Bertz CT molecular complexity index is 530. The first kappa shape index (κ1) is 16.6. The number of anilines is 1. The van der Waals surface area contributed by atoms with Gasteiger partial charge in [0, 0.05) is 13.6 Å². The Labute approximate surface area is 122 Å². The van der Waals surface area contributed by atoms with Gasteiger partial charge < -0.3 is 20.1 Å². The van der Waals surface area contributed by atoms with Crippen LogP contribution >= 0.6 is 0 Å². The summed E-state index contributed by atoms with van der Waals surface area (Å²) in [6.45, 7) is 1.69. The predicted molar refractivity (Wildman–Crippen MR) is 75.8 cm³/mol. The topological polar surface area (TPSA) is 95.9 Å². The molecule has 2 amide bonds. The summed E-state index contributed by atoms with van der Waals surface area (Å²) in [6.07, 6.45) is 0. The normalized spacial score (nSPS) is 9.86. The smallest absolute Gasteiger partial charge is 0.340 e. The molecule has 21 heavy (non-hydrogen) atoms. The Hall–Kier alpha value is -2.41. The van der Waals surface area contributed by atoms with Gasteiger partial charge in [0.15, 0.2) is 0 Å². The third-order valence-corrected chi connectivity index (χ3v) is 2.65. The van der Waals surface area contributed by atoms with Gasteiger partial charge in [-0.25, -0.2) is 4.79 Å². The van der Waals surface area contributed by atoms with Crippen LogP contribution in [0.1, 0.15) is 17.3 Å². The van der Waals surface area contributed by atoms with Crippen molar-refractivity contribution >= 4 is 23.5 Å². The van der Waals surface area contributed by atoms with Crippen LogP contribution in [0, 0.1) is 0 Å². The van der Waals surface area contributed by atoms with Crippen molar-refractivity contribution in [2.75, 3.05) is 32.1 Å². The van der Waals surface area contributed by atoms with Gasteiger partial charge in [0.1, 0.15) is 0 Å². The summed E-state index contributed by atoms with van der Waals surface area (Å²) in [6, 6.07) is 6.25. The van der Waals surface area contributed by atoms with Gasteiger partial charge >= 0.3 is 17.8 Å². The van der Waals surface area contributed by atoms with Crippen molar-refractivity contribution in [3.63, 3.8) is 0 Å². The molecule has 0 spiro atoms. The summed E-state index contributed by atoms with van der Waals surface area (Å²) >= 11 is 0. The number of likely N-dealkylation sites (N-methyl/N-ethyl adjacent to an activating group) is 1. The number of hydrogen-bond donors (Lipinski definition) is 2. The standard InChI is InChI=1S/C14H18N2O5/c1-3-21-14(20)10-6-4-5-7-11(10)15-12(18)13(19)16(2)8-9-17/h4-7,17H,3,8-9H2,1-2H3,(H,15,18). The second-order valence-electron chi connectivity index (χ2n) is 4.17. The first-order valence-corrected chi connectivity index (χ1v) is 6.44. The number of aliphatic hydroxyl groups excluding tert-OH is 1. The SMILES string of the molecule is CCOC(=O)c1ccccc1NC(=O)C(=O)N(C)CCO. The van der Waals surface area contributed by atoms with Crippen LogP contribution in [0.5, 0.6) is 0 Å². The molecule has 7 nitrogen and oxygen atoms in total. The highest BCUT2D eigenvalue weighted by Gasteiger charge is 2.21. The highest BCUT2D eigenvalue weighted by Crippen LogP contribution is 2.16. The summed E-state index contributed by atoms with van der Waals surface area (Å²) in [7, 11) is 1.40. The van der Waals surface area contributed by atoms with Crippen LogP contribution in [0.25, 0.3) is 0 Å². The number of benzene rings is 1. The van der Waals surface area contributed by atoms with Gasteiger partial charge in [-0.15, -0.1) is 0 Å². The molecule has 0 unspecified atom stereocenters. The Kier molecular flexibility index (Phi) is 6.35. The maximum absolute atomic E-state index is 11.8. The van der Waals surface area contributed by atoms with Crippen LogP contribution in [0.3, 0.4) is 0 Å². The van der Waals surface area contributed by atoms with Crippen LogP contribution in [0.4, 0.5) is 5.69 Å². The molecule has 0 aromatic heterocycles. The minimum Gasteiger partial charge on any atom is -0.462 e. The molecule has 7 heteroatoms. The van der Waals surface area contributed by atoms with Gasteiger partial charge in [-0.1, -0.05) is 12.1 Å². The zero-order valence-electron chi connectivity index (χ0n) is 12.0. The Morgan fingerprint density at radius 1 is 1.29 bits per heavy atom. The maximum atomic E-state index is 11.8. The molecular weight excluding hydrogens is 276 g/mol. The molecule has 0 aliphatic carbocycles. The third-order valence-electron chi connectivity index (χ3n) is 2.65. The Balaban J connectivity index is 2.85. The summed E-state index contributed by atoms with van der Waals surface area (Å²) in [5, 5.41) is 11.1. The lowest BCUT2D eigenvalue weighted by Crippen LogP contribution is -2.38. The van der Waals surface area contributed by atoms with Crippen molar-refractivity contribution < 1.29 is 24.2 Å². The number of para-hydroxylation sites is 1. The number of rotatable bonds is 5. The predicted octanol–water partition coefficient (Wildman–Crippen LogP) is 0.253. The molecule has 0 saturated carbocycles. The molecule has 0 heterocycles. The van der Waals surface area contributed by atoms with Crippen molar-refractivity contribution in [2.45, 2.75) is 6.92 Å². The second-order valence-corrected chi connectivity index (χ2v) is 4.17. The number of hydrogen-bond acceptors (Lipinski definition) is 5. The van der Waals surface area contributed by atoms with E-state index in [1.807, 2.05) is 0 Å². The fourth-order valence-corrected chi connectivity index (χ4v) is 1.58. The van der Waals surface area contributed by atoms with Gasteiger partial charge in [-0.3, -0.25) is 9.59 Å². The van der Waals surface area contributed by atoms with Crippen molar-refractivity contribution in [3.8, 4) is 0 Å².